The third kappa shape index (κ3) is 8.08. The summed E-state index contributed by atoms with van der Waals surface area (Å²) in [6.07, 6.45) is 1.60. The van der Waals surface area contributed by atoms with Crippen LogP contribution >= 0.6 is 0 Å². The molecule has 0 saturated carbocycles. The highest BCUT2D eigenvalue weighted by Crippen LogP contribution is 2.12. The number of aliphatic hydroxyl groups excluding tert-OH is 1. The van der Waals surface area contributed by atoms with E-state index in [0.29, 0.717) is 19.8 Å². The van der Waals surface area contributed by atoms with Gasteiger partial charge in [-0.1, -0.05) is 60.7 Å². The number of hydrogen-bond acceptors (Lipinski definition) is 5. The van der Waals surface area contributed by atoms with Crippen LogP contribution < -0.4 is 0 Å². The Bertz CT molecular complexity index is 942. The van der Waals surface area contributed by atoms with Crippen LogP contribution in [0.3, 0.4) is 0 Å². The van der Waals surface area contributed by atoms with Gasteiger partial charge >= 0.3 is 0 Å². The number of benzene rings is 2. The molecule has 34 heavy (non-hydrogen) atoms. The Hall–Kier alpha value is -2.48. The van der Waals surface area contributed by atoms with E-state index < -0.39 is 6.10 Å². The normalized spacial score (nSPS) is 15.6. The number of morpholine rings is 1. The molecule has 1 aliphatic heterocycles. The Morgan fingerprint density at radius 2 is 1.62 bits per heavy atom. The number of ether oxygens (including phenoxy) is 2. The zero-order valence-electron chi connectivity index (χ0n) is 20.0. The van der Waals surface area contributed by atoms with Gasteiger partial charge in [0.1, 0.15) is 0 Å². The summed E-state index contributed by atoms with van der Waals surface area (Å²) in [5.41, 5.74) is 3.66. The highest BCUT2D eigenvalue weighted by atomic mass is 16.5. The van der Waals surface area contributed by atoms with E-state index in [1.165, 1.54) is 11.3 Å². The molecule has 0 radical (unpaired) electrons. The second-order valence-corrected chi connectivity index (χ2v) is 8.96. The lowest BCUT2D eigenvalue weighted by atomic mass is 10.2. The van der Waals surface area contributed by atoms with Gasteiger partial charge in [0.15, 0.2) is 0 Å². The van der Waals surface area contributed by atoms with Gasteiger partial charge in [-0.15, -0.1) is 0 Å². The van der Waals surface area contributed by atoms with Crippen LogP contribution in [0.15, 0.2) is 79.0 Å². The van der Waals surface area contributed by atoms with E-state index in [1.54, 1.807) is 0 Å². The zero-order valence-corrected chi connectivity index (χ0v) is 20.0. The molecule has 2 heterocycles. The molecule has 182 valence electrons. The molecule has 1 aromatic heterocycles. The van der Waals surface area contributed by atoms with E-state index in [1.807, 2.05) is 30.3 Å². The molecule has 0 spiro atoms. The van der Waals surface area contributed by atoms with E-state index in [4.69, 9.17) is 9.47 Å². The summed E-state index contributed by atoms with van der Waals surface area (Å²) in [7, 11) is 0. The molecule has 0 aliphatic carbocycles. The molecule has 4 rings (SSSR count). The maximum absolute atomic E-state index is 10.8. The van der Waals surface area contributed by atoms with E-state index in [-0.39, 0.29) is 0 Å². The van der Waals surface area contributed by atoms with Crippen molar-refractivity contribution in [1.29, 1.82) is 0 Å². The first-order chi connectivity index (χ1) is 16.8. The van der Waals surface area contributed by atoms with Gasteiger partial charge in [0.05, 0.1) is 32.5 Å². The van der Waals surface area contributed by atoms with Crippen molar-refractivity contribution in [2.24, 2.45) is 0 Å². The lowest BCUT2D eigenvalue weighted by molar-refractivity contribution is 0.00176. The van der Waals surface area contributed by atoms with Crippen molar-refractivity contribution >= 4 is 0 Å². The monoisotopic (exact) mass is 463 g/mol. The predicted octanol–water partition coefficient (Wildman–Crippen LogP) is 3.25. The number of nitrogens with zero attached hydrogens (tertiary/aromatic N) is 3. The topological polar surface area (TPSA) is 50.1 Å². The fourth-order valence-corrected chi connectivity index (χ4v) is 4.34. The van der Waals surface area contributed by atoms with Crippen LogP contribution in [0, 0.1) is 0 Å². The number of aromatic nitrogens is 1. The summed E-state index contributed by atoms with van der Waals surface area (Å²) in [5, 5.41) is 10.8. The largest absolute Gasteiger partial charge is 0.389 e. The van der Waals surface area contributed by atoms with Gasteiger partial charge < -0.3 is 19.1 Å². The van der Waals surface area contributed by atoms with Crippen molar-refractivity contribution in [2.75, 3.05) is 52.5 Å². The maximum atomic E-state index is 10.8. The first-order valence-electron chi connectivity index (χ1n) is 12.3. The molecule has 1 fully saturated rings. The van der Waals surface area contributed by atoms with E-state index in [2.05, 4.69) is 63.0 Å². The quantitative estimate of drug-likeness (QED) is 0.422. The van der Waals surface area contributed by atoms with Gasteiger partial charge in [0, 0.05) is 57.7 Å². The third-order valence-corrected chi connectivity index (χ3v) is 6.23. The van der Waals surface area contributed by atoms with Crippen LogP contribution in [0.25, 0.3) is 0 Å². The first kappa shape index (κ1) is 24.6. The summed E-state index contributed by atoms with van der Waals surface area (Å²) in [5.74, 6) is 0. The Balaban J connectivity index is 1.34. The molecule has 6 heteroatoms. The SMILES string of the molecule is OC(COCc1ccccc1)CN(CCN1CCOCC1)Cc1cccn1Cc1ccccc1. The summed E-state index contributed by atoms with van der Waals surface area (Å²) in [4.78, 5) is 4.79. The molecule has 6 nitrogen and oxygen atoms in total. The fourth-order valence-electron chi connectivity index (χ4n) is 4.34. The molecule has 1 saturated heterocycles. The second kappa shape index (κ2) is 13.4. The van der Waals surface area contributed by atoms with Gasteiger partial charge in [0.25, 0.3) is 0 Å². The van der Waals surface area contributed by atoms with Crippen molar-refractivity contribution in [1.82, 2.24) is 14.4 Å². The molecule has 0 bridgehead atoms. The van der Waals surface area contributed by atoms with Gasteiger partial charge in [-0.25, -0.2) is 0 Å². The summed E-state index contributed by atoms with van der Waals surface area (Å²) >= 11 is 0. The standard InChI is InChI=1S/C28H37N3O3/c32-28(24-34-23-26-10-5-2-6-11-26)22-30(15-14-29-16-18-33-19-17-29)21-27-12-7-13-31(27)20-25-8-3-1-4-9-25/h1-13,28,32H,14-24H2. The van der Waals surface area contributed by atoms with Crippen LogP contribution in [0.1, 0.15) is 16.8 Å². The average Bonchev–Trinajstić information content (AvgIpc) is 3.30. The third-order valence-electron chi connectivity index (χ3n) is 6.23. The molecule has 3 aromatic rings. The van der Waals surface area contributed by atoms with Gasteiger partial charge in [-0.2, -0.15) is 0 Å². The molecular formula is C28H37N3O3. The Morgan fingerprint density at radius 1 is 0.912 bits per heavy atom. The number of aliphatic hydroxyl groups is 1. The van der Waals surface area contributed by atoms with E-state index >= 15 is 0 Å². The second-order valence-electron chi connectivity index (χ2n) is 8.96. The lowest BCUT2D eigenvalue weighted by Crippen LogP contribution is -2.43. The maximum Gasteiger partial charge on any atom is 0.0900 e. The molecule has 1 unspecified atom stereocenters. The molecule has 2 aromatic carbocycles. The average molecular weight is 464 g/mol. The smallest absolute Gasteiger partial charge is 0.0900 e. The molecule has 1 N–H and O–H groups in total. The van der Waals surface area contributed by atoms with Crippen molar-refractivity contribution in [2.45, 2.75) is 25.8 Å². The molecule has 0 amide bonds. The van der Waals surface area contributed by atoms with Crippen molar-refractivity contribution in [3.05, 3.63) is 95.8 Å². The van der Waals surface area contributed by atoms with Crippen molar-refractivity contribution in [3.8, 4) is 0 Å². The van der Waals surface area contributed by atoms with Crippen molar-refractivity contribution < 1.29 is 14.6 Å². The summed E-state index contributed by atoms with van der Waals surface area (Å²) in [6.45, 7) is 8.48. The predicted molar refractivity (Wildman–Crippen MR) is 135 cm³/mol. The first-order valence-corrected chi connectivity index (χ1v) is 12.3. The van der Waals surface area contributed by atoms with E-state index in [9.17, 15) is 5.11 Å². The minimum Gasteiger partial charge on any atom is -0.389 e. The zero-order chi connectivity index (χ0) is 23.4. The van der Waals surface area contributed by atoms with Crippen LogP contribution in [-0.4, -0.2) is 78.1 Å². The minimum absolute atomic E-state index is 0.327. The number of rotatable bonds is 13. The van der Waals surface area contributed by atoms with Gasteiger partial charge in [-0.3, -0.25) is 9.80 Å². The number of hydrogen-bond donors (Lipinski definition) is 1. The van der Waals surface area contributed by atoms with Crippen LogP contribution in [0.4, 0.5) is 0 Å². The van der Waals surface area contributed by atoms with Crippen LogP contribution in [0.2, 0.25) is 0 Å². The summed E-state index contributed by atoms with van der Waals surface area (Å²) < 4.78 is 13.6. The van der Waals surface area contributed by atoms with Crippen molar-refractivity contribution in [3.63, 3.8) is 0 Å². The minimum atomic E-state index is -0.536. The molecule has 1 atom stereocenters. The van der Waals surface area contributed by atoms with Crippen LogP contribution in [-0.2, 0) is 29.2 Å². The van der Waals surface area contributed by atoms with Crippen LogP contribution in [0.5, 0.6) is 0 Å². The van der Waals surface area contributed by atoms with E-state index in [0.717, 1.165) is 58.0 Å². The molecule has 1 aliphatic rings. The molecular weight excluding hydrogens is 426 g/mol. The Labute approximate surface area is 203 Å². The summed E-state index contributed by atoms with van der Waals surface area (Å²) in [6, 6.07) is 24.9. The Kier molecular flexibility index (Phi) is 9.72. The van der Waals surface area contributed by atoms with Gasteiger partial charge in [-0.05, 0) is 23.3 Å². The Morgan fingerprint density at radius 3 is 2.35 bits per heavy atom. The highest BCUT2D eigenvalue weighted by molar-refractivity contribution is 5.18. The highest BCUT2D eigenvalue weighted by Gasteiger charge is 2.17. The lowest BCUT2D eigenvalue weighted by Gasteiger charge is -2.31. The van der Waals surface area contributed by atoms with Gasteiger partial charge in [0.2, 0.25) is 0 Å². The fraction of sp³-hybridized carbons (Fsp3) is 0.429.